The fourth-order valence-electron chi connectivity index (χ4n) is 1.37. The first kappa shape index (κ1) is 11.9. The standard InChI is InChI=1S/C11H13ClN4O/c1-6-4-14-11(12)16-10(6)13-5-9-15-7(2)8(3)17-9/h4H,5H2,1-3H3,(H,13,14,16). The Bertz CT molecular complexity index is 519. The van der Waals surface area contributed by atoms with E-state index in [1.165, 1.54) is 0 Å². The molecule has 2 aromatic heterocycles. The van der Waals surface area contributed by atoms with Gasteiger partial charge in [0.2, 0.25) is 11.2 Å². The lowest BCUT2D eigenvalue weighted by atomic mass is 10.3. The van der Waals surface area contributed by atoms with E-state index in [0.29, 0.717) is 18.3 Å². The minimum Gasteiger partial charge on any atom is -0.444 e. The van der Waals surface area contributed by atoms with Gasteiger partial charge in [-0.25, -0.2) is 15.0 Å². The molecule has 90 valence electrons. The third-order valence-corrected chi connectivity index (χ3v) is 2.60. The average Bonchev–Trinajstić information content (AvgIpc) is 2.60. The first-order valence-corrected chi connectivity index (χ1v) is 5.60. The third kappa shape index (κ3) is 2.74. The van der Waals surface area contributed by atoms with Crippen molar-refractivity contribution in [2.75, 3.05) is 5.32 Å². The maximum absolute atomic E-state index is 5.73. The minimum absolute atomic E-state index is 0.220. The second-order valence-electron chi connectivity index (χ2n) is 3.77. The van der Waals surface area contributed by atoms with Crippen molar-refractivity contribution in [1.29, 1.82) is 0 Å². The number of aromatic nitrogens is 3. The van der Waals surface area contributed by atoms with E-state index in [0.717, 1.165) is 17.0 Å². The van der Waals surface area contributed by atoms with Gasteiger partial charge < -0.3 is 9.73 Å². The number of nitrogens with one attached hydrogen (secondary N) is 1. The van der Waals surface area contributed by atoms with E-state index in [1.54, 1.807) is 6.20 Å². The Morgan fingerprint density at radius 3 is 2.71 bits per heavy atom. The molecule has 0 aliphatic carbocycles. The van der Waals surface area contributed by atoms with Gasteiger partial charge in [-0.15, -0.1) is 0 Å². The molecule has 0 bridgehead atoms. The number of hydrogen-bond donors (Lipinski definition) is 1. The van der Waals surface area contributed by atoms with E-state index in [-0.39, 0.29) is 5.28 Å². The molecule has 2 rings (SSSR count). The highest BCUT2D eigenvalue weighted by Crippen LogP contribution is 2.14. The molecule has 2 heterocycles. The predicted octanol–water partition coefficient (Wildman–Crippen LogP) is 2.66. The highest BCUT2D eigenvalue weighted by Gasteiger charge is 2.07. The van der Waals surface area contributed by atoms with Crippen LogP contribution in [-0.4, -0.2) is 15.0 Å². The van der Waals surface area contributed by atoms with Crippen LogP contribution in [0.15, 0.2) is 10.6 Å². The summed E-state index contributed by atoms with van der Waals surface area (Å²) < 4.78 is 5.46. The van der Waals surface area contributed by atoms with Crippen LogP contribution in [0.3, 0.4) is 0 Å². The number of rotatable bonds is 3. The molecule has 0 radical (unpaired) electrons. The van der Waals surface area contributed by atoms with Gasteiger partial charge in [-0.05, 0) is 32.4 Å². The second-order valence-corrected chi connectivity index (χ2v) is 4.11. The van der Waals surface area contributed by atoms with E-state index in [1.807, 2.05) is 20.8 Å². The van der Waals surface area contributed by atoms with E-state index in [2.05, 4.69) is 20.3 Å². The molecule has 5 nitrogen and oxygen atoms in total. The van der Waals surface area contributed by atoms with E-state index < -0.39 is 0 Å². The van der Waals surface area contributed by atoms with E-state index in [9.17, 15) is 0 Å². The molecule has 1 N–H and O–H groups in total. The molecule has 0 unspecified atom stereocenters. The lowest BCUT2D eigenvalue weighted by Gasteiger charge is -2.05. The molecule has 0 aliphatic heterocycles. The Labute approximate surface area is 104 Å². The maximum Gasteiger partial charge on any atom is 0.224 e. The van der Waals surface area contributed by atoms with Crippen molar-refractivity contribution in [3.05, 3.63) is 34.4 Å². The molecular weight excluding hydrogens is 240 g/mol. The van der Waals surface area contributed by atoms with Gasteiger partial charge in [-0.2, -0.15) is 0 Å². The quantitative estimate of drug-likeness (QED) is 0.851. The molecule has 6 heteroatoms. The van der Waals surface area contributed by atoms with Crippen LogP contribution >= 0.6 is 11.6 Å². The maximum atomic E-state index is 5.73. The van der Waals surface area contributed by atoms with Gasteiger partial charge >= 0.3 is 0 Å². The smallest absolute Gasteiger partial charge is 0.224 e. The van der Waals surface area contributed by atoms with Crippen LogP contribution in [0.1, 0.15) is 22.9 Å². The first-order chi connectivity index (χ1) is 8.06. The van der Waals surface area contributed by atoms with Crippen molar-refractivity contribution >= 4 is 17.4 Å². The molecule has 0 aliphatic rings. The third-order valence-electron chi connectivity index (χ3n) is 2.42. The Kier molecular flexibility index (Phi) is 3.28. The normalized spacial score (nSPS) is 10.6. The van der Waals surface area contributed by atoms with Crippen LogP contribution in [0.25, 0.3) is 0 Å². The molecule has 17 heavy (non-hydrogen) atoms. The molecule has 0 amide bonds. The number of oxazole rings is 1. The molecule has 2 aromatic rings. The Morgan fingerprint density at radius 1 is 1.29 bits per heavy atom. The molecular formula is C11H13ClN4O. The van der Waals surface area contributed by atoms with E-state index in [4.69, 9.17) is 16.0 Å². The molecule has 0 saturated heterocycles. The zero-order chi connectivity index (χ0) is 12.4. The monoisotopic (exact) mass is 252 g/mol. The van der Waals surface area contributed by atoms with Crippen molar-refractivity contribution in [3.8, 4) is 0 Å². The van der Waals surface area contributed by atoms with Crippen LogP contribution in [0.4, 0.5) is 5.82 Å². The number of aryl methyl sites for hydroxylation is 3. The van der Waals surface area contributed by atoms with Crippen LogP contribution < -0.4 is 5.32 Å². The van der Waals surface area contributed by atoms with Gasteiger partial charge in [0.25, 0.3) is 0 Å². The predicted molar refractivity (Wildman–Crippen MR) is 65.1 cm³/mol. The summed E-state index contributed by atoms with van der Waals surface area (Å²) in [4.78, 5) is 12.3. The zero-order valence-electron chi connectivity index (χ0n) is 9.91. The van der Waals surface area contributed by atoms with Crippen molar-refractivity contribution in [3.63, 3.8) is 0 Å². The van der Waals surface area contributed by atoms with Crippen molar-refractivity contribution in [2.24, 2.45) is 0 Å². The summed E-state index contributed by atoms with van der Waals surface area (Å²) in [5.74, 6) is 2.16. The van der Waals surface area contributed by atoms with Crippen molar-refractivity contribution < 1.29 is 4.42 Å². The second kappa shape index (κ2) is 4.71. The van der Waals surface area contributed by atoms with Gasteiger partial charge in [0, 0.05) is 11.8 Å². The Morgan fingerprint density at radius 2 is 2.06 bits per heavy atom. The first-order valence-electron chi connectivity index (χ1n) is 5.22. The lowest BCUT2D eigenvalue weighted by Crippen LogP contribution is -2.04. The summed E-state index contributed by atoms with van der Waals surface area (Å²) in [5, 5.41) is 3.34. The molecule has 0 saturated carbocycles. The number of anilines is 1. The summed E-state index contributed by atoms with van der Waals surface area (Å²) in [7, 11) is 0. The fraction of sp³-hybridized carbons (Fsp3) is 0.364. The SMILES string of the molecule is Cc1cnc(Cl)nc1NCc1nc(C)c(C)o1. The summed E-state index contributed by atoms with van der Waals surface area (Å²) in [6, 6.07) is 0. The zero-order valence-corrected chi connectivity index (χ0v) is 10.7. The van der Waals surface area contributed by atoms with Gasteiger partial charge in [0.15, 0.2) is 0 Å². The Balaban J connectivity index is 2.09. The lowest BCUT2D eigenvalue weighted by molar-refractivity contribution is 0.478. The minimum atomic E-state index is 0.220. The molecule has 0 aromatic carbocycles. The van der Waals surface area contributed by atoms with Crippen molar-refractivity contribution in [1.82, 2.24) is 15.0 Å². The van der Waals surface area contributed by atoms with E-state index >= 15 is 0 Å². The molecule has 0 atom stereocenters. The van der Waals surface area contributed by atoms with Crippen LogP contribution in [-0.2, 0) is 6.54 Å². The summed E-state index contributed by atoms with van der Waals surface area (Å²) in [6.07, 6.45) is 1.67. The highest BCUT2D eigenvalue weighted by molar-refractivity contribution is 6.28. The Hall–Kier alpha value is -1.62. The van der Waals surface area contributed by atoms with Gasteiger partial charge in [0.05, 0.1) is 12.2 Å². The van der Waals surface area contributed by atoms with Gasteiger partial charge in [-0.1, -0.05) is 0 Å². The molecule has 0 spiro atoms. The summed E-state index contributed by atoms with van der Waals surface area (Å²) in [6.45, 7) is 6.18. The fourth-order valence-corrected chi connectivity index (χ4v) is 1.51. The largest absolute Gasteiger partial charge is 0.444 e. The van der Waals surface area contributed by atoms with Crippen molar-refractivity contribution in [2.45, 2.75) is 27.3 Å². The van der Waals surface area contributed by atoms with Crippen LogP contribution in [0.2, 0.25) is 5.28 Å². The number of nitrogens with zero attached hydrogens (tertiary/aromatic N) is 3. The number of halogens is 1. The molecule has 0 fully saturated rings. The summed E-state index contributed by atoms with van der Waals surface area (Å²) >= 11 is 5.73. The average molecular weight is 253 g/mol. The highest BCUT2D eigenvalue weighted by atomic mass is 35.5. The summed E-state index contributed by atoms with van der Waals surface area (Å²) in [5.41, 5.74) is 1.83. The number of hydrogen-bond acceptors (Lipinski definition) is 5. The van der Waals surface area contributed by atoms with Gasteiger partial charge in [-0.3, -0.25) is 0 Å². The van der Waals surface area contributed by atoms with Gasteiger partial charge in [0.1, 0.15) is 11.6 Å². The van der Waals surface area contributed by atoms with Crippen LogP contribution in [0.5, 0.6) is 0 Å². The topological polar surface area (TPSA) is 63.8 Å². The van der Waals surface area contributed by atoms with Crippen LogP contribution in [0, 0.1) is 20.8 Å².